The first-order chi connectivity index (χ1) is 10.2. The Morgan fingerprint density at radius 2 is 2.05 bits per heavy atom. The first-order valence-corrected chi connectivity index (χ1v) is 8.71. The standard InChI is InChI=1S/C19H32N2/c1-5-11-20-18(16(4)6-2)14-21-13-15(3)12-17-9-7-8-10-19(17)21/h7-10,15-16,18,20H,5-6,11-14H2,1-4H3. The highest BCUT2D eigenvalue weighted by Crippen LogP contribution is 2.30. The summed E-state index contributed by atoms with van der Waals surface area (Å²) in [6.07, 6.45) is 3.68. The second-order valence-electron chi connectivity index (χ2n) is 6.79. The van der Waals surface area contributed by atoms with E-state index in [-0.39, 0.29) is 0 Å². The monoisotopic (exact) mass is 288 g/mol. The highest BCUT2D eigenvalue weighted by atomic mass is 15.2. The smallest absolute Gasteiger partial charge is 0.0399 e. The van der Waals surface area contributed by atoms with Crippen LogP contribution >= 0.6 is 0 Å². The Morgan fingerprint density at radius 1 is 1.29 bits per heavy atom. The highest BCUT2D eigenvalue weighted by molar-refractivity contribution is 5.55. The van der Waals surface area contributed by atoms with Crippen LogP contribution in [0.4, 0.5) is 5.69 Å². The maximum atomic E-state index is 3.77. The van der Waals surface area contributed by atoms with E-state index in [4.69, 9.17) is 0 Å². The molecule has 21 heavy (non-hydrogen) atoms. The molecule has 2 rings (SSSR count). The van der Waals surface area contributed by atoms with E-state index in [0.29, 0.717) is 6.04 Å². The van der Waals surface area contributed by atoms with Gasteiger partial charge >= 0.3 is 0 Å². The van der Waals surface area contributed by atoms with Gasteiger partial charge in [0.1, 0.15) is 0 Å². The minimum Gasteiger partial charge on any atom is -0.369 e. The van der Waals surface area contributed by atoms with Crippen molar-refractivity contribution in [3.05, 3.63) is 29.8 Å². The van der Waals surface area contributed by atoms with Crippen LogP contribution in [0.2, 0.25) is 0 Å². The Hall–Kier alpha value is -1.02. The van der Waals surface area contributed by atoms with Gasteiger partial charge in [-0.3, -0.25) is 0 Å². The molecule has 1 N–H and O–H groups in total. The van der Waals surface area contributed by atoms with Crippen molar-refractivity contribution in [1.82, 2.24) is 5.32 Å². The van der Waals surface area contributed by atoms with Crippen molar-refractivity contribution in [2.24, 2.45) is 11.8 Å². The SMILES string of the molecule is CCCNC(CN1CC(C)Cc2ccccc21)C(C)CC. The number of benzene rings is 1. The molecular formula is C19H32N2. The van der Waals surface area contributed by atoms with Crippen LogP contribution in [0.5, 0.6) is 0 Å². The van der Waals surface area contributed by atoms with Crippen LogP contribution in [0, 0.1) is 11.8 Å². The van der Waals surface area contributed by atoms with Gasteiger partial charge in [-0.15, -0.1) is 0 Å². The van der Waals surface area contributed by atoms with Crippen LogP contribution in [-0.2, 0) is 6.42 Å². The fraction of sp³-hybridized carbons (Fsp3) is 0.684. The lowest BCUT2D eigenvalue weighted by Crippen LogP contribution is -2.47. The van der Waals surface area contributed by atoms with Crippen LogP contribution in [-0.4, -0.2) is 25.7 Å². The molecule has 1 aliphatic heterocycles. The van der Waals surface area contributed by atoms with E-state index < -0.39 is 0 Å². The topological polar surface area (TPSA) is 15.3 Å². The number of hydrogen-bond acceptors (Lipinski definition) is 2. The fourth-order valence-corrected chi connectivity index (χ4v) is 3.38. The molecule has 1 aromatic rings. The lowest BCUT2D eigenvalue weighted by Gasteiger charge is -2.38. The fourth-order valence-electron chi connectivity index (χ4n) is 3.38. The molecule has 0 radical (unpaired) electrons. The Balaban J connectivity index is 2.12. The minimum absolute atomic E-state index is 0.591. The molecule has 0 saturated carbocycles. The first-order valence-electron chi connectivity index (χ1n) is 8.71. The molecule has 1 aliphatic rings. The molecule has 3 unspecified atom stereocenters. The lowest BCUT2D eigenvalue weighted by atomic mass is 9.92. The van der Waals surface area contributed by atoms with Crippen molar-refractivity contribution >= 4 is 5.69 Å². The number of rotatable bonds is 7. The van der Waals surface area contributed by atoms with Gasteiger partial charge in [0.05, 0.1) is 0 Å². The normalized spacial score (nSPS) is 21.0. The van der Waals surface area contributed by atoms with Crippen molar-refractivity contribution in [3.8, 4) is 0 Å². The molecule has 0 amide bonds. The summed E-state index contributed by atoms with van der Waals surface area (Å²) in [6.45, 7) is 12.8. The van der Waals surface area contributed by atoms with Crippen molar-refractivity contribution < 1.29 is 0 Å². The maximum absolute atomic E-state index is 3.77. The lowest BCUT2D eigenvalue weighted by molar-refractivity contribution is 0.358. The Labute approximate surface area is 130 Å². The van der Waals surface area contributed by atoms with Gasteiger partial charge in [-0.25, -0.2) is 0 Å². The van der Waals surface area contributed by atoms with E-state index in [1.54, 1.807) is 0 Å². The number of nitrogens with zero attached hydrogens (tertiary/aromatic N) is 1. The van der Waals surface area contributed by atoms with Gasteiger partial charge in [-0.1, -0.05) is 52.3 Å². The highest BCUT2D eigenvalue weighted by Gasteiger charge is 2.25. The van der Waals surface area contributed by atoms with E-state index in [1.165, 1.54) is 37.1 Å². The predicted octanol–water partition coefficient (Wildman–Crippen LogP) is 4.10. The van der Waals surface area contributed by atoms with Crippen LogP contribution in [0.25, 0.3) is 0 Å². The molecular weight excluding hydrogens is 256 g/mol. The molecule has 1 heterocycles. The number of nitrogens with one attached hydrogen (secondary N) is 1. The maximum Gasteiger partial charge on any atom is 0.0399 e. The van der Waals surface area contributed by atoms with E-state index in [9.17, 15) is 0 Å². The van der Waals surface area contributed by atoms with E-state index in [0.717, 1.165) is 24.9 Å². The third-order valence-corrected chi connectivity index (χ3v) is 4.84. The summed E-state index contributed by atoms with van der Waals surface area (Å²) >= 11 is 0. The summed E-state index contributed by atoms with van der Waals surface area (Å²) in [5.74, 6) is 1.48. The van der Waals surface area contributed by atoms with Crippen LogP contribution in [0.1, 0.15) is 46.1 Å². The molecule has 0 bridgehead atoms. The summed E-state index contributed by atoms with van der Waals surface area (Å²) in [7, 11) is 0. The third-order valence-electron chi connectivity index (χ3n) is 4.84. The van der Waals surface area contributed by atoms with Crippen LogP contribution < -0.4 is 10.2 Å². The van der Waals surface area contributed by atoms with E-state index >= 15 is 0 Å². The summed E-state index contributed by atoms with van der Waals surface area (Å²) < 4.78 is 0. The predicted molar refractivity (Wildman–Crippen MR) is 93.1 cm³/mol. The van der Waals surface area contributed by atoms with Gasteiger partial charge in [0.25, 0.3) is 0 Å². The average Bonchev–Trinajstić information content (AvgIpc) is 2.50. The summed E-state index contributed by atoms with van der Waals surface area (Å²) in [4.78, 5) is 2.61. The van der Waals surface area contributed by atoms with Crippen molar-refractivity contribution in [3.63, 3.8) is 0 Å². The second-order valence-corrected chi connectivity index (χ2v) is 6.79. The van der Waals surface area contributed by atoms with Gasteiger partial charge in [-0.05, 0) is 42.9 Å². The quantitative estimate of drug-likeness (QED) is 0.812. The molecule has 0 fully saturated rings. The molecule has 1 aromatic carbocycles. The Kier molecular flexibility index (Phi) is 6.10. The van der Waals surface area contributed by atoms with Gasteiger partial charge in [0.2, 0.25) is 0 Å². The Bertz CT molecular complexity index is 429. The number of anilines is 1. The summed E-state index contributed by atoms with van der Waals surface area (Å²) in [5, 5.41) is 3.77. The number of fused-ring (bicyclic) bond motifs is 1. The van der Waals surface area contributed by atoms with E-state index in [1.807, 2.05) is 0 Å². The van der Waals surface area contributed by atoms with Gasteiger partial charge in [-0.2, -0.15) is 0 Å². The zero-order valence-corrected chi connectivity index (χ0v) is 14.2. The average molecular weight is 288 g/mol. The molecule has 0 aromatic heterocycles. The number of para-hydroxylation sites is 1. The van der Waals surface area contributed by atoms with Gasteiger partial charge in [0.15, 0.2) is 0 Å². The van der Waals surface area contributed by atoms with Crippen molar-refractivity contribution in [1.29, 1.82) is 0 Å². The molecule has 0 aliphatic carbocycles. The summed E-state index contributed by atoms with van der Waals surface area (Å²) in [6, 6.07) is 9.55. The van der Waals surface area contributed by atoms with Crippen molar-refractivity contribution in [2.75, 3.05) is 24.5 Å². The molecule has 2 nitrogen and oxygen atoms in total. The largest absolute Gasteiger partial charge is 0.369 e. The summed E-state index contributed by atoms with van der Waals surface area (Å²) in [5.41, 5.74) is 2.98. The van der Waals surface area contributed by atoms with Crippen LogP contribution in [0.15, 0.2) is 24.3 Å². The molecule has 0 spiro atoms. The van der Waals surface area contributed by atoms with Gasteiger partial charge in [0, 0.05) is 24.8 Å². The second kappa shape index (κ2) is 7.84. The molecule has 118 valence electrons. The van der Waals surface area contributed by atoms with Crippen LogP contribution in [0.3, 0.4) is 0 Å². The Morgan fingerprint density at radius 3 is 2.76 bits per heavy atom. The zero-order chi connectivity index (χ0) is 15.2. The molecule has 0 saturated heterocycles. The van der Waals surface area contributed by atoms with E-state index in [2.05, 4.69) is 62.2 Å². The molecule has 3 atom stereocenters. The molecule has 2 heteroatoms. The van der Waals surface area contributed by atoms with Crippen molar-refractivity contribution in [2.45, 2.75) is 53.0 Å². The number of hydrogen-bond donors (Lipinski definition) is 1. The van der Waals surface area contributed by atoms with Gasteiger partial charge < -0.3 is 10.2 Å². The first kappa shape index (κ1) is 16.4. The third kappa shape index (κ3) is 4.23. The zero-order valence-electron chi connectivity index (χ0n) is 14.2. The minimum atomic E-state index is 0.591.